The predicted molar refractivity (Wildman–Crippen MR) is 112 cm³/mol. The summed E-state index contributed by atoms with van der Waals surface area (Å²) in [6, 6.07) is 20.5. The maximum absolute atomic E-state index is 12.1. The first-order valence-corrected chi connectivity index (χ1v) is 11.4. The van der Waals surface area contributed by atoms with Gasteiger partial charge in [0.25, 0.3) is 8.32 Å². The lowest BCUT2D eigenvalue weighted by Crippen LogP contribution is -2.65. The van der Waals surface area contributed by atoms with Crippen molar-refractivity contribution in [1.82, 2.24) is 0 Å². The largest absolute Gasteiger partial charge is 0.424 e. The first-order chi connectivity index (χ1) is 11.9. The van der Waals surface area contributed by atoms with E-state index in [1.807, 2.05) is 36.4 Å². The highest BCUT2D eigenvalue weighted by atomic mass is 35.5. The van der Waals surface area contributed by atoms with Gasteiger partial charge in [0.2, 0.25) is 0 Å². The number of allylic oxidation sites excluding steroid dienone is 2. The van der Waals surface area contributed by atoms with Crippen molar-refractivity contribution in [3.63, 3.8) is 0 Å². The minimum atomic E-state index is -2.87. The summed E-state index contributed by atoms with van der Waals surface area (Å²) < 4.78 is 0. The molecule has 0 aliphatic heterocycles. The molecular formula is C22H29ClOSi. The van der Waals surface area contributed by atoms with Gasteiger partial charge >= 0.3 is 0 Å². The summed E-state index contributed by atoms with van der Waals surface area (Å²) in [7, 11) is -2.87. The van der Waals surface area contributed by atoms with Crippen LogP contribution in [0.1, 0.15) is 40.0 Å². The van der Waals surface area contributed by atoms with Crippen molar-refractivity contribution >= 4 is 30.3 Å². The molecule has 2 rings (SSSR count). The smallest absolute Gasteiger partial charge is 0.258 e. The van der Waals surface area contributed by atoms with Gasteiger partial charge in [0.05, 0.1) is 0 Å². The molecular weight excluding hydrogens is 344 g/mol. The number of hydrogen-bond donors (Lipinski definition) is 1. The number of alkyl halides is 1. The summed E-state index contributed by atoms with van der Waals surface area (Å²) in [6.45, 7) is 6.58. The molecule has 0 spiro atoms. The fourth-order valence-electron chi connectivity index (χ4n) is 3.53. The van der Waals surface area contributed by atoms with Gasteiger partial charge in [-0.2, -0.15) is 0 Å². The molecule has 0 atom stereocenters. The van der Waals surface area contributed by atoms with Crippen LogP contribution in [0.15, 0.2) is 72.3 Å². The van der Waals surface area contributed by atoms with Crippen molar-refractivity contribution in [3.8, 4) is 0 Å². The second-order valence-electron chi connectivity index (χ2n) is 7.38. The van der Waals surface area contributed by atoms with Crippen LogP contribution in [0.2, 0.25) is 5.04 Å². The third kappa shape index (κ3) is 4.63. The summed E-state index contributed by atoms with van der Waals surface area (Å²) in [5.41, 5.74) is 1.33. The number of hydrogen-bond acceptors (Lipinski definition) is 1. The molecule has 1 nitrogen and oxygen atoms in total. The van der Waals surface area contributed by atoms with E-state index in [0.29, 0.717) is 5.88 Å². The van der Waals surface area contributed by atoms with E-state index in [-0.39, 0.29) is 5.04 Å². The standard InChI is InChI=1S/C22H29ClOSi/c1-19(16-18-23)11-10-17-22(2,3)25(24,20-12-6-4-7-13-20)21-14-8-5-9-15-21/h4-9,12-16,24H,10-11,17-18H2,1-3H3/b19-16+. The molecule has 25 heavy (non-hydrogen) atoms. The van der Waals surface area contributed by atoms with Crippen molar-refractivity contribution in [3.05, 3.63) is 72.3 Å². The van der Waals surface area contributed by atoms with Crippen LogP contribution in [-0.4, -0.2) is 19.0 Å². The third-order valence-electron chi connectivity index (χ3n) is 5.16. The normalized spacial score (nSPS) is 13.1. The van der Waals surface area contributed by atoms with Crippen LogP contribution in [0.5, 0.6) is 0 Å². The van der Waals surface area contributed by atoms with E-state index in [9.17, 15) is 4.80 Å². The Morgan fingerprint density at radius 2 is 1.48 bits per heavy atom. The zero-order chi connectivity index (χ0) is 18.3. The van der Waals surface area contributed by atoms with Gasteiger partial charge in [-0.15, -0.1) is 11.6 Å². The minimum Gasteiger partial charge on any atom is -0.424 e. The quantitative estimate of drug-likeness (QED) is 0.398. The van der Waals surface area contributed by atoms with Crippen LogP contribution < -0.4 is 10.4 Å². The molecule has 0 aliphatic carbocycles. The molecule has 0 aliphatic rings. The highest BCUT2D eigenvalue weighted by Gasteiger charge is 2.49. The lowest BCUT2D eigenvalue weighted by Gasteiger charge is -2.41. The van der Waals surface area contributed by atoms with Gasteiger partial charge in [0.1, 0.15) is 0 Å². The molecule has 0 aromatic heterocycles. The molecule has 3 heteroatoms. The maximum atomic E-state index is 12.1. The van der Waals surface area contributed by atoms with Gasteiger partial charge < -0.3 is 4.80 Å². The SMILES string of the molecule is C/C(=C\CCl)CCCC(C)(C)[Si](O)(c1ccccc1)c1ccccc1. The highest BCUT2D eigenvalue weighted by Crippen LogP contribution is 2.40. The van der Waals surface area contributed by atoms with Crippen molar-refractivity contribution in [2.75, 3.05) is 5.88 Å². The van der Waals surface area contributed by atoms with Crippen molar-refractivity contribution < 1.29 is 4.80 Å². The van der Waals surface area contributed by atoms with E-state index in [2.05, 4.69) is 51.1 Å². The van der Waals surface area contributed by atoms with E-state index in [1.165, 1.54) is 5.57 Å². The van der Waals surface area contributed by atoms with Crippen molar-refractivity contribution in [2.45, 2.75) is 45.1 Å². The molecule has 0 bridgehead atoms. The lowest BCUT2D eigenvalue weighted by molar-refractivity contribution is 0.457. The molecule has 1 N–H and O–H groups in total. The molecule has 0 saturated carbocycles. The molecule has 0 unspecified atom stereocenters. The average molecular weight is 373 g/mol. The molecule has 134 valence electrons. The van der Waals surface area contributed by atoms with Crippen LogP contribution in [0, 0.1) is 0 Å². The average Bonchev–Trinajstić information content (AvgIpc) is 2.62. The van der Waals surface area contributed by atoms with E-state index >= 15 is 0 Å². The highest BCUT2D eigenvalue weighted by molar-refractivity contribution is 6.98. The van der Waals surface area contributed by atoms with Gasteiger partial charge in [-0.1, -0.05) is 86.2 Å². The van der Waals surface area contributed by atoms with Gasteiger partial charge in [-0.05, 0) is 41.6 Å². The Bertz CT molecular complexity index is 640. The van der Waals surface area contributed by atoms with Crippen molar-refractivity contribution in [2.24, 2.45) is 0 Å². The number of rotatable bonds is 8. The Kier molecular flexibility index (Phi) is 7.06. The van der Waals surface area contributed by atoms with Gasteiger partial charge in [-0.3, -0.25) is 0 Å². The zero-order valence-corrected chi connectivity index (χ0v) is 17.3. The fourth-order valence-corrected chi connectivity index (χ4v) is 7.58. The van der Waals surface area contributed by atoms with E-state index < -0.39 is 8.32 Å². The Morgan fingerprint density at radius 1 is 1.00 bits per heavy atom. The van der Waals surface area contributed by atoms with E-state index in [1.54, 1.807) is 0 Å². The monoisotopic (exact) mass is 372 g/mol. The van der Waals surface area contributed by atoms with Gasteiger partial charge in [0.15, 0.2) is 0 Å². The molecule has 0 saturated heterocycles. The maximum Gasteiger partial charge on any atom is 0.258 e. The molecule has 0 radical (unpaired) electrons. The number of benzene rings is 2. The Balaban J connectivity index is 2.33. The van der Waals surface area contributed by atoms with Crippen LogP contribution in [0.4, 0.5) is 0 Å². The summed E-state index contributed by atoms with van der Waals surface area (Å²) in [6.07, 6.45) is 5.14. The molecule has 0 fully saturated rings. The van der Waals surface area contributed by atoms with Crippen LogP contribution in [0.3, 0.4) is 0 Å². The molecule has 2 aromatic rings. The summed E-state index contributed by atoms with van der Waals surface area (Å²) in [5.74, 6) is 0.571. The fraction of sp³-hybridized carbons (Fsp3) is 0.364. The lowest BCUT2D eigenvalue weighted by atomic mass is 10.0. The Hall–Kier alpha value is -1.35. The van der Waals surface area contributed by atoms with E-state index in [4.69, 9.17) is 11.6 Å². The second-order valence-corrected chi connectivity index (χ2v) is 11.6. The topological polar surface area (TPSA) is 20.2 Å². The number of halogens is 1. The second kappa shape index (κ2) is 8.84. The third-order valence-corrected chi connectivity index (χ3v) is 9.86. The Labute approximate surface area is 158 Å². The zero-order valence-electron chi connectivity index (χ0n) is 15.5. The summed E-state index contributed by atoms with van der Waals surface area (Å²) >= 11 is 5.79. The molecule has 0 amide bonds. The minimum absolute atomic E-state index is 0.170. The van der Waals surface area contributed by atoms with Crippen LogP contribution in [-0.2, 0) is 0 Å². The molecule has 2 aromatic carbocycles. The summed E-state index contributed by atoms with van der Waals surface area (Å²) in [5, 5.41) is 2.00. The van der Waals surface area contributed by atoms with E-state index in [0.717, 1.165) is 29.6 Å². The van der Waals surface area contributed by atoms with Gasteiger partial charge in [0, 0.05) is 5.88 Å². The van der Waals surface area contributed by atoms with Gasteiger partial charge in [-0.25, -0.2) is 0 Å². The van der Waals surface area contributed by atoms with Crippen molar-refractivity contribution in [1.29, 1.82) is 0 Å². The summed E-state index contributed by atoms with van der Waals surface area (Å²) in [4.78, 5) is 12.1. The first-order valence-electron chi connectivity index (χ1n) is 8.97. The first kappa shape index (κ1) is 20.0. The van der Waals surface area contributed by atoms with Crippen LogP contribution >= 0.6 is 11.6 Å². The Morgan fingerprint density at radius 3 is 1.92 bits per heavy atom. The van der Waals surface area contributed by atoms with Crippen LogP contribution in [0.25, 0.3) is 0 Å². The predicted octanol–water partition coefficient (Wildman–Crippen LogP) is 4.87. The molecule has 0 heterocycles.